The summed E-state index contributed by atoms with van der Waals surface area (Å²) in [6, 6.07) is 10.1. The zero-order valence-corrected chi connectivity index (χ0v) is 19.5. The highest BCUT2D eigenvalue weighted by Gasteiger charge is 2.12. The van der Waals surface area contributed by atoms with Gasteiger partial charge in [-0.2, -0.15) is 8.78 Å². The molecule has 0 aliphatic rings. The van der Waals surface area contributed by atoms with E-state index in [0.717, 1.165) is 5.56 Å². The van der Waals surface area contributed by atoms with E-state index in [1.54, 1.807) is 39.5 Å². The summed E-state index contributed by atoms with van der Waals surface area (Å²) in [5.74, 6) is 2.45. The van der Waals surface area contributed by atoms with Gasteiger partial charge in [0, 0.05) is 37.3 Å². The van der Waals surface area contributed by atoms with Crippen LogP contribution >= 0.6 is 24.0 Å². The minimum atomic E-state index is -2.91. The molecule has 0 aliphatic heterocycles. The highest BCUT2D eigenvalue weighted by atomic mass is 127. The molecule has 166 valence electrons. The van der Waals surface area contributed by atoms with Crippen LogP contribution in [0, 0.1) is 0 Å². The average Bonchev–Trinajstić information content (AvgIpc) is 2.74. The monoisotopic (exact) mass is 537 g/mol. The molecule has 2 aromatic rings. The van der Waals surface area contributed by atoms with Crippen molar-refractivity contribution in [1.82, 2.24) is 10.6 Å². The van der Waals surface area contributed by atoms with Crippen LogP contribution in [-0.4, -0.2) is 40.9 Å². The molecule has 10 heteroatoms. The predicted molar refractivity (Wildman–Crippen MR) is 122 cm³/mol. The Labute approximate surface area is 191 Å². The minimum absolute atomic E-state index is 0. The van der Waals surface area contributed by atoms with Gasteiger partial charge in [0.1, 0.15) is 23.0 Å². The second-order valence-corrected chi connectivity index (χ2v) is 5.81. The van der Waals surface area contributed by atoms with Crippen LogP contribution in [0.3, 0.4) is 0 Å². The fourth-order valence-corrected chi connectivity index (χ4v) is 2.61. The molecule has 0 bridgehead atoms. The number of nitrogens with one attached hydrogen (secondary N) is 2. The summed E-state index contributed by atoms with van der Waals surface area (Å²) in [6.45, 7) is -2.27. The van der Waals surface area contributed by atoms with E-state index in [1.165, 1.54) is 13.2 Å². The first-order valence-corrected chi connectivity index (χ1v) is 8.77. The van der Waals surface area contributed by atoms with Crippen LogP contribution in [-0.2, 0) is 13.1 Å². The number of alkyl halides is 2. The summed E-state index contributed by atoms with van der Waals surface area (Å²) in [7, 11) is 6.29. The van der Waals surface area contributed by atoms with Gasteiger partial charge >= 0.3 is 6.61 Å². The standard InChI is InChI=1S/C20H25F2N3O4.HI/c1-23-20(24-11-13-5-6-16(27-3)10-18(13)28-4)25-12-14-9-15(26-2)7-8-17(14)29-19(21)22;/h5-10,19H,11-12H2,1-4H3,(H2,23,24,25);1H. The van der Waals surface area contributed by atoms with Crippen molar-refractivity contribution in [2.45, 2.75) is 19.7 Å². The largest absolute Gasteiger partial charge is 0.497 e. The lowest BCUT2D eigenvalue weighted by atomic mass is 10.2. The van der Waals surface area contributed by atoms with Gasteiger partial charge in [-0.05, 0) is 30.3 Å². The van der Waals surface area contributed by atoms with Gasteiger partial charge in [0.2, 0.25) is 0 Å². The first kappa shape index (κ1) is 25.5. The van der Waals surface area contributed by atoms with Crippen LogP contribution in [0.4, 0.5) is 8.78 Å². The molecule has 0 atom stereocenters. The third-order valence-electron chi connectivity index (χ3n) is 4.09. The van der Waals surface area contributed by atoms with E-state index >= 15 is 0 Å². The maximum Gasteiger partial charge on any atom is 0.387 e. The second kappa shape index (κ2) is 12.9. The molecule has 30 heavy (non-hydrogen) atoms. The predicted octanol–water partition coefficient (Wildman–Crippen LogP) is 3.80. The van der Waals surface area contributed by atoms with Crippen LogP contribution in [0.1, 0.15) is 11.1 Å². The van der Waals surface area contributed by atoms with E-state index in [2.05, 4.69) is 20.4 Å². The lowest BCUT2D eigenvalue weighted by Crippen LogP contribution is -2.36. The fourth-order valence-electron chi connectivity index (χ4n) is 2.61. The number of rotatable bonds is 9. The number of benzene rings is 2. The van der Waals surface area contributed by atoms with Crippen LogP contribution in [0.2, 0.25) is 0 Å². The van der Waals surface area contributed by atoms with Crippen molar-refractivity contribution in [3.8, 4) is 23.0 Å². The van der Waals surface area contributed by atoms with Crippen LogP contribution in [0.5, 0.6) is 23.0 Å². The zero-order chi connectivity index (χ0) is 21.2. The normalized spacial score (nSPS) is 10.8. The molecular formula is C20H26F2IN3O4. The van der Waals surface area contributed by atoms with Gasteiger partial charge in [-0.25, -0.2) is 0 Å². The summed E-state index contributed by atoms with van der Waals surface area (Å²) < 4.78 is 45.6. The Morgan fingerprint density at radius 3 is 2.03 bits per heavy atom. The molecule has 0 heterocycles. The first-order valence-electron chi connectivity index (χ1n) is 8.77. The molecule has 0 amide bonds. The van der Waals surface area contributed by atoms with Gasteiger partial charge < -0.3 is 29.6 Å². The van der Waals surface area contributed by atoms with Crippen molar-refractivity contribution < 1.29 is 27.7 Å². The number of halogens is 3. The topological polar surface area (TPSA) is 73.3 Å². The number of hydrogen-bond donors (Lipinski definition) is 2. The maximum absolute atomic E-state index is 12.7. The maximum atomic E-state index is 12.7. The number of hydrogen-bond acceptors (Lipinski definition) is 5. The van der Waals surface area contributed by atoms with Crippen molar-refractivity contribution >= 4 is 29.9 Å². The number of nitrogens with zero attached hydrogens (tertiary/aromatic N) is 1. The van der Waals surface area contributed by atoms with Gasteiger partial charge in [-0.15, -0.1) is 24.0 Å². The van der Waals surface area contributed by atoms with Crippen molar-refractivity contribution in [1.29, 1.82) is 0 Å². The molecule has 2 N–H and O–H groups in total. The summed E-state index contributed by atoms with van der Waals surface area (Å²) in [6.07, 6.45) is 0. The number of methoxy groups -OCH3 is 3. The summed E-state index contributed by atoms with van der Waals surface area (Å²) in [5.41, 5.74) is 1.41. The van der Waals surface area contributed by atoms with Crippen LogP contribution in [0.25, 0.3) is 0 Å². The Hall–Kier alpha value is -2.50. The Morgan fingerprint density at radius 1 is 0.867 bits per heavy atom. The van der Waals surface area contributed by atoms with Crippen molar-refractivity contribution in [2.24, 2.45) is 4.99 Å². The highest BCUT2D eigenvalue weighted by molar-refractivity contribution is 14.0. The third-order valence-corrected chi connectivity index (χ3v) is 4.09. The molecule has 0 fully saturated rings. The molecule has 0 saturated heterocycles. The molecule has 0 radical (unpaired) electrons. The third kappa shape index (κ3) is 7.39. The molecule has 0 unspecified atom stereocenters. The fraction of sp³-hybridized carbons (Fsp3) is 0.350. The Balaban J connectivity index is 0.00000450. The summed E-state index contributed by atoms with van der Waals surface area (Å²) in [5, 5.41) is 6.23. The SMILES string of the molecule is CN=C(NCc1ccc(OC)cc1OC)NCc1cc(OC)ccc1OC(F)F.I. The summed E-state index contributed by atoms with van der Waals surface area (Å²) in [4.78, 5) is 4.15. The van der Waals surface area contributed by atoms with Crippen molar-refractivity contribution in [3.63, 3.8) is 0 Å². The van der Waals surface area contributed by atoms with E-state index in [-0.39, 0.29) is 36.3 Å². The van der Waals surface area contributed by atoms with Crippen LogP contribution < -0.4 is 29.6 Å². The Kier molecular flexibility index (Phi) is 11.0. The minimum Gasteiger partial charge on any atom is -0.497 e. The summed E-state index contributed by atoms with van der Waals surface area (Å²) >= 11 is 0. The molecule has 0 saturated carbocycles. The molecule has 2 rings (SSSR count). The van der Waals surface area contributed by atoms with E-state index in [4.69, 9.17) is 14.2 Å². The molecule has 0 aromatic heterocycles. The van der Waals surface area contributed by atoms with Gasteiger partial charge in [0.15, 0.2) is 5.96 Å². The smallest absolute Gasteiger partial charge is 0.387 e. The van der Waals surface area contributed by atoms with E-state index < -0.39 is 6.61 Å². The van der Waals surface area contributed by atoms with Gasteiger partial charge in [0.25, 0.3) is 0 Å². The number of ether oxygens (including phenoxy) is 4. The first-order chi connectivity index (χ1) is 14.0. The van der Waals surface area contributed by atoms with Crippen molar-refractivity contribution in [2.75, 3.05) is 28.4 Å². The average molecular weight is 537 g/mol. The van der Waals surface area contributed by atoms with E-state index in [9.17, 15) is 8.78 Å². The van der Waals surface area contributed by atoms with E-state index in [1.807, 2.05) is 12.1 Å². The molecule has 0 spiro atoms. The molecular weight excluding hydrogens is 511 g/mol. The highest BCUT2D eigenvalue weighted by Crippen LogP contribution is 2.26. The zero-order valence-electron chi connectivity index (χ0n) is 17.2. The Morgan fingerprint density at radius 2 is 1.47 bits per heavy atom. The number of aliphatic imine (C=N–C) groups is 1. The Bertz CT molecular complexity index is 838. The molecule has 7 nitrogen and oxygen atoms in total. The second-order valence-electron chi connectivity index (χ2n) is 5.81. The lowest BCUT2D eigenvalue weighted by molar-refractivity contribution is -0.0505. The van der Waals surface area contributed by atoms with Crippen LogP contribution in [0.15, 0.2) is 41.4 Å². The van der Waals surface area contributed by atoms with Gasteiger partial charge in [-0.3, -0.25) is 4.99 Å². The lowest BCUT2D eigenvalue weighted by Gasteiger charge is -2.16. The van der Waals surface area contributed by atoms with Crippen molar-refractivity contribution in [3.05, 3.63) is 47.5 Å². The quantitative estimate of drug-likeness (QED) is 0.288. The van der Waals surface area contributed by atoms with Gasteiger partial charge in [-0.1, -0.05) is 0 Å². The number of guanidine groups is 1. The van der Waals surface area contributed by atoms with E-state index in [0.29, 0.717) is 35.3 Å². The molecule has 0 aliphatic carbocycles. The molecule has 2 aromatic carbocycles. The van der Waals surface area contributed by atoms with Gasteiger partial charge in [0.05, 0.1) is 21.3 Å².